The van der Waals surface area contributed by atoms with Crippen LogP contribution in [0, 0.1) is 10.5 Å². The van der Waals surface area contributed by atoms with E-state index in [0.29, 0.717) is 26.2 Å². The van der Waals surface area contributed by atoms with Crippen LogP contribution in [0.3, 0.4) is 0 Å². The number of esters is 2. The molecule has 160 valence electrons. The second kappa shape index (κ2) is 9.35. The van der Waals surface area contributed by atoms with Crippen molar-refractivity contribution >= 4 is 46.5 Å². The first-order valence-corrected chi connectivity index (χ1v) is 10.8. The Hall–Kier alpha value is -3.46. The Balaban J connectivity index is 1.64. The third-order valence-corrected chi connectivity index (χ3v) is 5.56. The summed E-state index contributed by atoms with van der Waals surface area (Å²) in [6.07, 6.45) is 1.61. The van der Waals surface area contributed by atoms with Gasteiger partial charge < -0.3 is 14.2 Å². The van der Waals surface area contributed by atoms with Crippen LogP contribution in [0.25, 0.3) is 6.08 Å². The van der Waals surface area contributed by atoms with Crippen LogP contribution in [-0.2, 0) is 9.53 Å². The second-order valence-corrected chi connectivity index (χ2v) is 8.10. The zero-order valence-corrected chi connectivity index (χ0v) is 19.5. The Kier molecular flexibility index (Phi) is 6.36. The van der Waals surface area contributed by atoms with Crippen molar-refractivity contribution in [2.75, 3.05) is 7.11 Å². The van der Waals surface area contributed by atoms with E-state index in [2.05, 4.69) is 27.6 Å². The highest BCUT2D eigenvalue weighted by molar-refractivity contribution is 14.1. The van der Waals surface area contributed by atoms with E-state index in [4.69, 9.17) is 14.2 Å². The summed E-state index contributed by atoms with van der Waals surface area (Å²) in [5, 5.41) is 0. The molecule has 0 N–H and O–H groups in total. The van der Waals surface area contributed by atoms with Gasteiger partial charge in [0.05, 0.1) is 16.2 Å². The Bertz CT molecular complexity index is 1260. The fourth-order valence-corrected chi connectivity index (χ4v) is 3.88. The molecule has 1 heterocycles. The van der Waals surface area contributed by atoms with Crippen molar-refractivity contribution in [2.24, 2.45) is 4.99 Å². The summed E-state index contributed by atoms with van der Waals surface area (Å²) >= 11 is 2.06. The first kappa shape index (κ1) is 21.8. The number of ether oxygens (including phenoxy) is 3. The van der Waals surface area contributed by atoms with Gasteiger partial charge >= 0.3 is 11.9 Å². The average Bonchev–Trinajstić information content (AvgIpc) is 3.15. The summed E-state index contributed by atoms with van der Waals surface area (Å²) in [6, 6.07) is 19.7. The largest absolute Gasteiger partial charge is 0.493 e. The first-order chi connectivity index (χ1) is 15.5. The van der Waals surface area contributed by atoms with Gasteiger partial charge in [-0.15, -0.1) is 0 Å². The zero-order valence-electron chi connectivity index (χ0n) is 17.3. The van der Waals surface area contributed by atoms with Crippen LogP contribution in [0.2, 0.25) is 0 Å². The molecule has 0 saturated carbocycles. The van der Waals surface area contributed by atoms with Crippen LogP contribution in [0.4, 0.5) is 0 Å². The molecule has 0 aliphatic carbocycles. The third-order valence-electron chi connectivity index (χ3n) is 4.76. The van der Waals surface area contributed by atoms with Crippen molar-refractivity contribution in [3.63, 3.8) is 0 Å². The maximum atomic E-state index is 12.5. The smallest absolute Gasteiger partial charge is 0.363 e. The average molecular weight is 539 g/mol. The van der Waals surface area contributed by atoms with E-state index in [9.17, 15) is 9.59 Å². The maximum Gasteiger partial charge on any atom is 0.363 e. The lowest BCUT2D eigenvalue weighted by molar-refractivity contribution is -0.129. The minimum Gasteiger partial charge on any atom is -0.493 e. The molecule has 32 heavy (non-hydrogen) atoms. The molecular weight excluding hydrogens is 521 g/mol. The Morgan fingerprint density at radius 1 is 1.06 bits per heavy atom. The number of rotatable bonds is 5. The topological polar surface area (TPSA) is 74.2 Å². The molecule has 0 unspecified atom stereocenters. The van der Waals surface area contributed by atoms with Gasteiger partial charge in [0.25, 0.3) is 0 Å². The van der Waals surface area contributed by atoms with Crippen LogP contribution in [0.1, 0.15) is 27.0 Å². The number of benzene rings is 3. The van der Waals surface area contributed by atoms with Gasteiger partial charge in [-0.1, -0.05) is 36.4 Å². The number of hydrogen-bond donors (Lipinski definition) is 0. The van der Waals surface area contributed by atoms with Crippen molar-refractivity contribution < 1.29 is 23.8 Å². The third kappa shape index (κ3) is 4.57. The summed E-state index contributed by atoms with van der Waals surface area (Å²) in [5.74, 6) is -0.0734. The molecule has 3 aromatic rings. The standard InChI is InChI=1S/C25H18INO5/c1-15-8-6-7-11-18(15)23-27-20(25(29)32-23)13-16-12-19(26)22(21(14-16)30-2)31-24(28)17-9-4-3-5-10-17/h3-14H,1-2H3/b20-13-. The van der Waals surface area contributed by atoms with Gasteiger partial charge in [-0.25, -0.2) is 14.6 Å². The Morgan fingerprint density at radius 3 is 2.50 bits per heavy atom. The van der Waals surface area contributed by atoms with E-state index in [-0.39, 0.29) is 11.6 Å². The molecule has 7 heteroatoms. The predicted molar refractivity (Wildman–Crippen MR) is 129 cm³/mol. The number of halogens is 1. The lowest BCUT2D eigenvalue weighted by Crippen LogP contribution is -2.10. The number of aliphatic imine (C=N–C) groups is 1. The lowest BCUT2D eigenvalue weighted by atomic mass is 10.1. The number of carbonyl (C=O) groups excluding carboxylic acids is 2. The molecule has 0 atom stereocenters. The van der Waals surface area contributed by atoms with Crippen molar-refractivity contribution in [2.45, 2.75) is 6.92 Å². The molecule has 1 aliphatic rings. The zero-order chi connectivity index (χ0) is 22.7. The van der Waals surface area contributed by atoms with Crippen molar-refractivity contribution in [1.82, 2.24) is 0 Å². The van der Waals surface area contributed by atoms with Crippen LogP contribution in [0.15, 0.2) is 77.4 Å². The molecule has 0 saturated heterocycles. The number of nitrogens with zero attached hydrogens (tertiary/aromatic N) is 1. The molecule has 0 radical (unpaired) electrons. The van der Waals surface area contributed by atoms with Gasteiger partial charge in [-0.3, -0.25) is 0 Å². The molecule has 0 fully saturated rings. The maximum absolute atomic E-state index is 12.5. The summed E-state index contributed by atoms with van der Waals surface area (Å²) in [4.78, 5) is 29.2. The van der Waals surface area contributed by atoms with E-state index >= 15 is 0 Å². The summed E-state index contributed by atoms with van der Waals surface area (Å²) in [6.45, 7) is 1.93. The molecule has 6 nitrogen and oxygen atoms in total. The van der Waals surface area contributed by atoms with Crippen LogP contribution >= 0.6 is 22.6 Å². The minimum atomic E-state index is -0.531. The monoisotopic (exact) mass is 539 g/mol. The quantitative estimate of drug-likeness (QED) is 0.194. The highest BCUT2D eigenvalue weighted by atomic mass is 127. The van der Waals surface area contributed by atoms with Crippen LogP contribution in [-0.4, -0.2) is 24.9 Å². The second-order valence-electron chi connectivity index (χ2n) is 6.94. The number of aryl methyl sites for hydroxylation is 1. The van der Waals surface area contributed by atoms with Gasteiger partial charge in [0, 0.05) is 5.56 Å². The Labute approximate surface area is 198 Å². The van der Waals surface area contributed by atoms with Gasteiger partial charge in [-0.2, -0.15) is 0 Å². The SMILES string of the molecule is COc1cc(/C=C2\N=C(c3ccccc3C)OC2=O)cc(I)c1OC(=O)c1ccccc1. The number of hydrogen-bond acceptors (Lipinski definition) is 6. The molecule has 3 aromatic carbocycles. The number of carbonyl (C=O) groups is 2. The highest BCUT2D eigenvalue weighted by Gasteiger charge is 2.25. The van der Waals surface area contributed by atoms with Gasteiger partial charge in [-0.05, 0) is 77.0 Å². The van der Waals surface area contributed by atoms with Crippen molar-refractivity contribution in [3.05, 3.63) is 98.3 Å². The van der Waals surface area contributed by atoms with Crippen LogP contribution in [0.5, 0.6) is 11.5 Å². The predicted octanol–water partition coefficient (Wildman–Crippen LogP) is 5.17. The molecule has 0 bridgehead atoms. The van der Waals surface area contributed by atoms with Crippen LogP contribution < -0.4 is 9.47 Å². The minimum absolute atomic E-state index is 0.176. The summed E-state index contributed by atoms with van der Waals surface area (Å²) in [7, 11) is 1.49. The van der Waals surface area contributed by atoms with Crippen molar-refractivity contribution in [1.29, 1.82) is 0 Å². The van der Waals surface area contributed by atoms with Gasteiger partial charge in [0.15, 0.2) is 17.2 Å². The van der Waals surface area contributed by atoms with E-state index in [1.54, 1.807) is 42.5 Å². The van der Waals surface area contributed by atoms with Gasteiger partial charge in [0.2, 0.25) is 5.90 Å². The van der Waals surface area contributed by atoms with E-state index in [1.165, 1.54) is 7.11 Å². The molecule has 0 aromatic heterocycles. The number of cyclic esters (lactones) is 1. The van der Waals surface area contributed by atoms with Crippen molar-refractivity contribution in [3.8, 4) is 11.5 Å². The fourth-order valence-electron chi connectivity index (χ4n) is 3.14. The lowest BCUT2D eigenvalue weighted by Gasteiger charge is -2.12. The summed E-state index contributed by atoms with van der Waals surface area (Å²) in [5.41, 5.74) is 2.99. The summed E-state index contributed by atoms with van der Waals surface area (Å²) < 4.78 is 17.0. The first-order valence-electron chi connectivity index (χ1n) is 9.69. The highest BCUT2D eigenvalue weighted by Crippen LogP contribution is 2.35. The number of methoxy groups -OCH3 is 1. The molecule has 0 spiro atoms. The van der Waals surface area contributed by atoms with E-state index in [1.807, 2.05) is 37.3 Å². The fraction of sp³-hybridized carbons (Fsp3) is 0.0800. The molecule has 4 rings (SSSR count). The van der Waals surface area contributed by atoms with Gasteiger partial charge in [0.1, 0.15) is 0 Å². The Morgan fingerprint density at radius 2 is 1.78 bits per heavy atom. The van der Waals surface area contributed by atoms with E-state index < -0.39 is 11.9 Å². The molecule has 0 amide bonds. The normalized spacial score (nSPS) is 14.2. The molecular formula is C25H18INO5. The van der Waals surface area contributed by atoms with E-state index in [0.717, 1.165) is 11.1 Å². The molecule has 1 aliphatic heterocycles.